The number of ether oxygens (including phenoxy) is 1. The lowest BCUT2D eigenvalue weighted by Gasteiger charge is -2.32. The molecule has 28 heavy (non-hydrogen) atoms. The van der Waals surface area contributed by atoms with Gasteiger partial charge in [0, 0.05) is 43.9 Å². The molecule has 2 aliphatic rings. The quantitative estimate of drug-likeness (QED) is 0.636. The highest BCUT2D eigenvalue weighted by molar-refractivity contribution is 5.89. The molecule has 0 amide bonds. The van der Waals surface area contributed by atoms with Gasteiger partial charge in [0.05, 0.1) is 5.56 Å². The highest BCUT2D eigenvalue weighted by atomic mass is 19.4. The summed E-state index contributed by atoms with van der Waals surface area (Å²) in [7, 11) is 2.11. The zero-order valence-electron chi connectivity index (χ0n) is 15.8. The summed E-state index contributed by atoms with van der Waals surface area (Å²) >= 11 is 0. The van der Waals surface area contributed by atoms with Crippen molar-refractivity contribution >= 4 is 5.57 Å². The average molecular weight is 388 g/mol. The van der Waals surface area contributed by atoms with Crippen LogP contribution >= 0.6 is 0 Å². The van der Waals surface area contributed by atoms with E-state index in [9.17, 15) is 13.2 Å². The number of hydrogen-bond acceptors (Lipinski definition) is 3. The van der Waals surface area contributed by atoms with E-state index in [4.69, 9.17) is 4.74 Å². The number of nitrogens with zero attached hydrogens (tertiary/aromatic N) is 2. The third kappa shape index (κ3) is 3.80. The van der Waals surface area contributed by atoms with E-state index in [2.05, 4.69) is 16.8 Å². The van der Waals surface area contributed by atoms with E-state index in [0.29, 0.717) is 23.3 Å². The lowest BCUT2D eigenvalue weighted by Crippen LogP contribution is -2.44. The Hall–Kier alpha value is -2.31. The maximum absolute atomic E-state index is 13.7. The molecule has 0 N–H and O–H groups in total. The molecule has 6 heteroatoms. The number of rotatable bonds is 3. The number of likely N-dealkylation sites (N-methyl/N-ethyl adjacent to an activating group) is 1. The van der Waals surface area contributed by atoms with Crippen LogP contribution < -0.4 is 4.74 Å². The van der Waals surface area contributed by atoms with Crippen LogP contribution in [0.2, 0.25) is 0 Å². The van der Waals surface area contributed by atoms with Crippen molar-refractivity contribution in [3.8, 4) is 11.5 Å². The Morgan fingerprint density at radius 3 is 2.43 bits per heavy atom. The molecular weight excluding hydrogens is 365 g/mol. The highest BCUT2D eigenvalue weighted by Crippen LogP contribution is 2.48. The number of hydrogen-bond donors (Lipinski definition) is 0. The number of fused-ring (bicyclic) bond motifs is 2. The van der Waals surface area contributed by atoms with E-state index in [1.54, 1.807) is 12.1 Å². The Bertz CT molecular complexity index is 884. The first-order valence-electron chi connectivity index (χ1n) is 9.52. The number of benzene rings is 2. The monoisotopic (exact) mass is 388 g/mol. The van der Waals surface area contributed by atoms with E-state index in [1.807, 2.05) is 24.3 Å². The van der Waals surface area contributed by atoms with E-state index in [-0.39, 0.29) is 11.3 Å². The lowest BCUT2D eigenvalue weighted by atomic mass is 9.89. The fourth-order valence-electron chi connectivity index (χ4n) is 3.84. The zero-order chi connectivity index (χ0) is 19.7. The normalized spacial score (nSPS) is 19.2. The van der Waals surface area contributed by atoms with Gasteiger partial charge < -0.3 is 14.5 Å². The van der Waals surface area contributed by atoms with Gasteiger partial charge in [-0.05, 0) is 37.2 Å². The third-order valence-corrected chi connectivity index (χ3v) is 5.39. The number of para-hydroxylation sites is 1. The summed E-state index contributed by atoms with van der Waals surface area (Å²) < 4.78 is 46.8. The van der Waals surface area contributed by atoms with Crippen molar-refractivity contribution < 1.29 is 17.9 Å². The van der Waals surface area contributed by atoms with E-state index in [1.165, 1.54) is 6.07 Å². The van der Waals surface area contributed by atoms with Crippen LogP contribution in [0.4, 0.5) is 13.2 Å². The molecule has 1 saturated heterocycles. The molecule has 0 radical (unpaired) electrons. The van der Waals surface area contributed by atoms with Gasteiger partial charge in [-0.15, -0.1) is 0 Å². The molecule has 148 valence electrons. The molecule has 3 nitrogen and oxygen atoms in total. The fourth-order valence-corrected chi connectivity index (χ4v) is 3.84. The Labute approximate surface area is 163 Å². The average Bonchev–Trinajstić information content (AvgIpc) is 2.67. The lowest BCUT2D eigenvalue weighted by molar-refractivity contribution is -0.137. The molecule has 2 aromatic rings. The minimum atomic E-state index is -4.43. The van der Waals surface area contributed by atoms with Crippen LogP contribution in [0, 0.1) is 0 Å². The Morgan fingerprint density at radius 2 is 1.68 bits per heavy atom. The van der Waals surface area contributed by atoms with E-state index >= 15 is 0 Å². The van der Waals surface area contributed by atoms with Crippen molar-refractivity contribution in [1.82, 2.24) is 9.80 Å². The summed E-state index contributed by atoms with van der Waals surface area (Å²) in [5.41, 5.74) is 0.821. The second-order valence-corrected chi connectivity index (χ2v) is 7.33. The molecule has 0 spiro atoms. The fraction of sp³-hybridized carbons (Fsp3) is 0.364. The molecule has 0 atom stereocenters. The zero-order valence-corrected chi connectivity index (χ0v) is 15.8. The minimum Gasteiger partial charge on any atom is -0.456 e. The largest absolute Gasteiger partial charge is 0.456 e. The highest BCUT2D eigenvalue weighted by Gasteiger charge is 2.37. The van der Waals surface area contributed by atoms with Crippen LogP contribution in [-0.4, -0.2) is 49.6 Å². The van der Waals surface area contributed by atoms with Gasteiger partial charge in [-0.3, -0.25) is 0 Å². The second-order valence-electron chi connectivity index (χ2n) is 7.33. The summed E-state index contributed by atoms with van der Waals surface area (Å²) in [6.45, 7) is 4.86. The third-order valence-electron chi connectivity index (χ3n) is 5.39. The second kappa shape index (κ2) is 7.60. The SMILES string of the molecule is CN1CCN(CCC=C2c3ccccc3Oc3cccc(C(F)(F)F)c32)CC1. The Kier molecular flexibility index (Phi) is 5.17. The van der Waals surface area contributed by atoms with Crippen LogP contribution in [0.25, 0.3) is 5.57 Å². The summed E-state index contributed by atoms with van der Waals surface area (Å²) in [6.07, 6.45) is -1.80. The maximum atomic E-state index is 13.7. The van der Waals surface area contributed by atoms with Crippen LogP contribution in [0.3, 0.4) is 0 Å². The predicted molar refractivity (Wildman–Crippen MR) is 104 cm³/mol. The molecule has 0 saturated carbocycles. The maximum Gasteiger partial charge on any atom is 0.417 e. The minimum absolute atomic E-state index is 0.145. The standard InChI is InChI=1S/C22H23F3N2O/c1-26-12-14-27(15-13-26)11-5-7-17-16-6-2-3-9-19(16)28-20-10-4-8-18(21(17)20)22(23,24)25/h2-4,6-10H,5,11-15H2,1H3. The predicted octanol–water partition coefficient (Wildman–Crippen LogP) is 4.88. The van der Waals surface area contributed by atoms with Gasteiger partial charge in [-0.25, -0.2) is 0 Å². The van der Waals surface area contributed by atoms with E-state index in [0.717, 1.165) is 38.8 Å². The molecule has 0 aliphatic carbocycles. The molecule has 2 aromatic carbocycles. The molecule has 1 fully saturated rings. The number of halogens is 3. The Morgan fingerprint density at radius 1 is 0.964 bits per heavy atom. The first kappa shape index (κ1) is 19.0. The van der Waals surface area contributed by atoms with Crippen molar-refractivity contribution in [2.75, 3.05) is 39.8 Å². The van der Waals surface area contributed by atoms with E-state index < -0.39 is 11.7 Å². The molecule has 2 aliphatic heterocycles. The van der Waals surface area contributed by atoms with Gasteiger partial charge in [0.1, 0.15) is 11.5 Å². The molecular formula is C22H23F3N2O. The van der Waals surface area contributed by atoms with Crippen molar-refractivity contribution in [2.45, 2.75) is 12.6 Å². The summed E-state index contributed by atoms with van der Waals surface area (Å²) in [4.78, 5) is 4.65. The van der Waals surface area contributed by atoms with Gasteiger partial charge in [-0.2, -0.15) is 13.2 Å². The van der Waals surface area contributed by atoms with Crippen molar-refractivity contribution in [1.29, 1.82) is 0 Å². The van der Waals surface area contributed by atoms with Crippen LogP contribution in [-0.2, 0) is 6.18 Å². The number of alkyl halides is 3. The van der Waals surface area contributed by atoms with Gasteiger partial charge in [-0.1, -0.05) is 30.3 Å². The molecule has 2 heterocycles. The van der Waals surface area contributed by atoms with Gasteiger partial charge in [0.25, 0.3) is 0 Å². The summed E-state index contributed by atoms with van der Waals surface area (Å²) in [6, 6.07) is 11.4. The molecule has 4 rings (SSSR count). The van der Waals surface area contributed by atoms with Crippen LogP contribution in [0.1, 0.15) is 23.1 Å². The number of piperazine rings is 1. The van der Waals surface area contributed by atoms with Crippen molar-refractivity contribution in [3.63, 3.8) is 0 Å². The topological polar surface area (TPSA) is 15.7 Å². The van der Waals surface area contributed by atoms with Crippen molar-refractivity contribution in [2.24, 2.45) is 0 Å². The van der Waals surface area contributed by atoms with Crippen LogP contribution in [0.15, 0.2) is 48.5 Å². The van der Waals surface area contributed by atoms with Gasteiger partial charge in [0.15, 0.2) is 0 Å². The first-order chi connectivity index (χ1) is 13.4. The summed E-state index contributed by atoms with van der Waals surface area (Å²) in [5, 5.41) is 0. The molecule has 0 bridgehead atoms. The van der Waals surface area contributed by atoms with Gasteiger partial charge >= 0.3 is 6.18 Å². The Balaban J connectivity index is 1.68. The first-order valence-corrected chi connectivity index (χ1v) is 9.52. The van der Waals surface area contributed by atoms with Crippen molar-refractivity contribution in [3.05, 3.63) is 65.2 Å². The molecule has 0 unspecified atom stereocenters. The summed E-state index contributed by atoms with van der Waals surface area (Å²) in [5.74, 6) is 0.861. The van der Waals surface area contributed by atoms with Crippen LogP contribution in [0.5, 0.6) is 11.5 Å². The smallest absolute Gasteiger partial charge is 0.417 e. The molecule has 0 aromatic heterocycles. The van der Waals surface area contributed by atoms with Gasteiger partial charge in [0.2, 0.25) is 0 Å².